The Balaban J connectivity index is 1.27. The molecule has 0 spiro atoms. The average molecular weight is 377 g/mol. The van der Waals surface area contributed by atoms with Gasteiger partial charge >= 0.3 is 0 Å². The van der Waals surface area contributed by atoms with Crippen LogP contribution in [0, 0.1) is 10.1 Å². The van der Waals surface area contributed by atoms with Crippen molar-refractivity contribution in [3.63, 3.8) is 0 Å². The SMILES string of the molecule is O=[N+]([O-])c1ccc(OCc2cn(CCCn3ccc4ccccc43)nn2)cc1. The molecule has 4 aromatic rings. The fourth-order valence-electron chi connectivity index (χ4n) is 3.07. The number of aryl methyl sites for hydroxylation is 2. The summed E-state index contributed by atoms with van der Waals surface area (Å²) in [6.45, 7) is 1.93. The number of hydrogen-bond donors (Lipinski definition) is 0. The van der Waals surface area contributed by atoms with Crippen molar-refractivity contribution in [2.75, 3.05) is 0 Å². The van der Waals surface area contributed by atoms with Crippen LogP contribution in [-0.4, -0.2) is 24.5 Å². The summed E-state index contributed by atoms with van der Waals surface area (Å²) in [5, 5.41) is 20.2. The molecule has 0 radical (unpaired) electrons. The van der Waals surface area contributed by atoms with E-state index in [4.69, 9.17) is 4.74 Å². The first-order chi connectivity index (χ1) is 13.7. The van der Waals surface area contributed by atoms with Gasteiger partial charge in [-0.05, 0) is 36.1 Å². The second-order valence-corrected chi connectivity index (χ2v) is 6.43. The van der Waals surface area contributed by atoms with Crippen LogP contribution in [0.2, 0.25) is 0 Å². The lowest BCUT2D eigenvalue weighted by Crippen LogP contribution is -2.04. The maximum absolute atomic E-state index is 10.7. The maximum Gasteiger partial charge on any atom is 0.269 e. The molecule has 0 aliphatic heterocycles. The van der Waals surface area contributed by atoms with Crippen LogP contribution in [0.5, 0.6) is 5.75 Å². The lowest BCUT2D eigenvalue weighted by molar-refractivity contribution is -0.384. The molecular formula is C20H19N5O3. The van der Waals surface area contributed by atoms with Gasteiger partial charge in [-0.3, -0.25) is 14.8 Å². The fraction of sp³-hybridized carbons (Fsp3) is 0.200. The highest BCUT2D eigenvalue weighted by Crippen LogP contribution is 2.18. The van der Waals surface area contributed by atoms with Crippen molar-refractivity contribution in [1.29, 1.82) is 0 Å². The number of para-hydroxylation sites is 1. The summed E-state index contributed by atoms with van der Waals surface area (Å²) in [5.74, 6) is 0.555. The molecule has 8 nitrogen and oxygen atoms in total. The van der Waals surface area contributed by atoms with E-state index in [0.29, 0.717) is 11.4 Å². The van der Waals surface area contributed by atoms with Gasteiger partial charge in [-0.15, -0.1) is 5.10 Å². The van der Waals surface area contributed by atoms with Crippen LogP contribution >= 0.6 is 0 Å². The van der Waals surface area contributed by atoms with Gasteiger partial charge in [-0.1, -0.05) is 23.4 Å². The monoisotopic (exact) mass is 377 g/mol. The first-order valence-corrected chi connectivity index (χ1v) is 8.99. The van der Waals surface area contributed by atoms with Crippen LogP contribution in [-0.2, 0) is 19.7 Å². The van der Waals surface area contributed by atoms with E-state index in [1.165, 1.54) is 23.0 Å². The number of ether oxygens (including phenoxy) is 1. The molecular weight excluding hydrogens is 358 g/mol. The largest absolute Gasteiger partial charge is 0.487 e. The molecule has 2 aromatic heterocycles. The van der Waals surface area contributed by atoms with E-state index in [9.17, 15) is 10.1 Å². The molecule has 0 fully saturated rings. The molecule has 0 aliphatic carbocycles. The molecule has 142 valence electrons. The van der Waals surface area contributed by atoms with Gasteiger partial charge in [0.25, 0.3) is 5.69 Å². The lowest BCUT2D eigenvalue weighted by Gasteiger charge is -2.05. The van der Waals surface area contributed by atoms with Gasteiger partial charge in [0, 0.05) is 36.9 Å². The van der Waals surface area contributed by atoms with Gasteiger partial charge in [0.15, 0.2) is 0 Å². The minimum Gasteiger partial charge on any atom is -0.487 e. The number of rotatable bonds is 8. The lowest BCUT2D eigenvalue weighted by atomic mass is 10.2. The van der Waals surface area contributed by atoms with Crippen molar-refractivity contribution in [2.24, 2.45) is 0 Å². The standard InChI is InChI=1S/C20H19N5O3/c26-25(27)18-6-8-19(9-7-18)28-15-17-14-24(22-21-17)12-3-11-23-13-10-16-4-1-2-5-20(16)23/h1-2,4-10,13-14H,3,11-12,15H2. The number of nitro groups is 1. The molecule has 0 atom stereocenters. The molecule has 4 rings (SSSR count). The average Bonchev–Trinajstić information content (AvgIpc) is 3.34. The Kier molecular flexibility index (Phi) is 5.01. The summed E-state index contributed by atoms with van der Waals surface area (Å²) >= 11 is 0. The molecule has 8 heteroatoms. The number of benzene rings is 2. The number of nitrogens with zero attached hydrogens (tertiary/aromatic N) is 5. The molecule has 0 N–H and O–H groups in total. The van der Waals surface area contributed by atoms with E-state index in [1.54, 1.807) is 16.8 Å². The molecule has 0 saturated heterocycles. The summed E-state index contributed by atoms with van der Waals surface area (Å²) in [6.07, 6.45) is 4.90. The zero-order valence-electron chi connectivity index (χ0n) is 15.1. The number of aromatic nitrogens is 4. The molecule has 0 unspecified atom stereocenters. The van der Waals surface area contributed by atoms with E-state index >= 15 is 0 Å². The summed E-state index contributed by atoms with van der Waals surface area (Å²) in [5.41, 5.74) is 1.98. The van der Waals surface area contributed by atoms with Crippen molar-refractivity contribution < 1.29 is 9.66 Å². The molecule has 0 bridgehead atoms. The zero-order chi connectivity index (χ0) is 19.3. The molecule has 0 aliphatic rings. The smallest absolute Gasteiger partial charge is 0.269 e. The normalized spacial score (nSPS) is 11.0. The van der Waals surface area contributed by atoms with Gasteiger partial charge in [-0.25, -0.2) is 0 Å². The van der Waals surface area contributed by atoms with E-state index < -0.39 is 4.92 Å². The Bertz CT molecular complexity index is 1080. The first-order valence-electron chi connectivity index (χ1n) is 8.99. The van der Waals surface area contributed by atoms with Crippen molar-refractivity contribution in [3.8, 4) is 5.75 Å². The maximum atomic E-state index is 10.7. The van der Waals surface area contributed by atoms with E-state index in [1.807, 2.05) is 18.3 Å². The van der Waals surface area contributed by atoms with E-state index in [2.05, 4.69) is 39.3 Å². The minimum atomic E-state index is -0.439. The zero-order valence-corrected chi connectivity index (χ0v) is 15.1. The third kappa shape index (κ3) is 4.01. The third-order valence-electron chi connectivity index (χ3n) is 4.49. The predicted octanol–water partition coefficient (Wildman–Crippen LogP) is 3.81. The van der Waals surface area contributed by atoms with Crippen LogP contribution in [0.25, 0.3) is 10.9 Å². The number of non-ortho nitro benzene ring substituents is 1. The first kappa shape index (κ1) is 17.7. The Hall–Kier alpha value is -3.68. The summed E-state index contributed by atoms with van der Waals surface area (Å²) in [4.78, 5) is 10.2. The van der Waals surface area contributed by atoms with Gasteiger partial charge in [0.1, 0.15) is 18.1 Å². The minimum absolute atomic E-state index is 0.0359. The number of nitro benzene ring substituents is 1. The predicted molar refractivity (Wildman–Crippen MR) is 104 cm³/mol. The fourth-order valence-corrected chi connectivity index (χ4v) is 3.07. The van der Waals surface area contributed by atoms with Gasteiger partial charge in [0.05, 0.1) is 11.1 Å². The summed E-state index contributed by atoms with van der Waals surface area (Å²) < 4.78 is 9.66. The highest BCUT2D eigenvalue weighted by atomic mass is 16.6. The van der Waals surface area contributed by atoms with E-state index in [0.717, 1.165) is 19.5 Å². The number of fused-ring (bicyclic) bond motifs is 1. The molecule has 0 amide bonds. The Morgan fingerprint density at radius 1 is 1.04 bits per heavy atom. The Morgan fingerprint density at radius 2 is 1.86 bits per heavy atom. The second-order valence-electron chi connectivity index (χ2n) is 6.43. The van der Waals surface area contributed by atoms with Crippen LogP contribution in [0.1, 0.15) is 12.1 Å². The Morgan fingerprint density at radius 3 is 2.68 bits per heavy atom. The highest BCUT2D eigenvalue weighted by molar-refractivity contribution is 5.79. The van der Waals surface area contributed by atoms with Gasteiger partial charge in [0.2, 0.25) is 0 Å². The highest BCUT2D eigenvalue weighted by Gasteiger charge is 2.06. The van der Waals surface area contributed by atoms with Gasteiger partial charge < -0.3 is 9.30 Å². The van der Waals surface area contributed by atoms with Crippen molar-refractivity contribution >= 4 is 16.6 Å². The Labute approximate surface area is 161 Å². The molecule has 2 aromatic carbocycles. The third-order valence-corrected chi connectivity index (χ3v) is 4.49. The quantitative estimate of drug-likeness (QED) is 0.344. The van der Waals surface area contributed by atoms with Crippen LogP contribution in [0.3, 0.4) is 0 Å². The van der Waals surface area contributed by atoms with E-state index in [-0.39, 0.29) is 12.3 Å². The van der Waals surface area contributed by atoms with Crippen LogP contribution < -0.4 is 4.74 Å². The number of hydrogen-bond acceptors (Lipinski definition) is 5. The second kappa shape index (κ2) is 7.91. The molecule has 28 heavy (non-hydrogen) atoms. The van der Waals surface area contributed by atoms with Crippen molar-refractivity contribution in [2.45, 2.75) is 26.1 Å². The molecule has 2 heterocycles. The summed E-state index contributed by atoms with van der Waals surface area (Å²) in [7, 11) is 0. The van der Waals surface area contributed by atoms with Crippen LogP contribution in [0.15, 0.2) is 67.0 Å². The van der Waals surface area contributed by atoms with Crippen molar-refractivity contribution in [1.82, 2.24) is 19.6 Å². The summed E-state index contributed by atoms with van der Waals surface area (Å²) in [6, 6.07) is 16.4. The molecule has 0 saturated carbocycles. The van der Waals surface area contributed by atoms with Gasteiger partial charge in [-0.2, -0.15) is 0 Å². The van der Waals surface area contributed by atoms with Crippen molar-refractivity contribution in [3.05, 3.63) is 82.8 Å². The van der Waals surface area contributed by atoms with Crippen LogP contribution in [0.4, 0.5) is 5.69 Å². The topological polar surface area (TPSA) is 88.0 Å².